The molecule has 17 heavy (non-hydrogen) atoms. The summed E-state index contributed by atoms with van der Waals surface area (Å²) in [5.41, 5.74) is 0. The Labute approximate surface area is 101 Å². The highest BCUT2D eigenvalue weighted by atomic mass is 16.5. The molecule has 5 nitrogen and oxygen atoms in total. The minimum atomic E-state index is -0.347. The summed E-state index contributed by atoms with van der Waals surface area (Å²) in [4.78, 5) is 25.2. The van der Waals surface area contributed by atoms with Crippen LogP contribution in [0.3, 0.4) is 0 Å². The third-order valence-corrected chi connectivity index (χ3v) is 3.39. The third kappa shape index (κ3) is 2.97. The lowest BCUT2D eigenvalue weighted by Crippen LogP contribution is -2.59. The number of hydrogen-bond donors (Lipinski definition) is 1. The van der Waals surface area contributed by atoms with Crippen molar-refractivity contribution in [1.29, 1.82) is 0 Å². The quantitative estimate of drug-likeness (QED) is 0.771. The second-order valence-corrected chi connectivity index (χ2v) is 4.74. The van der Waals surface area contributed by atoms with Crippen molar-refractivity contribution in [3.63, 3.8) is 0 Å². The zero-order chi connectivity index (χ0) is 12.3. The Morgan fingerprint density at radius 3 is 2.88 bits per heavy atom. The third-order valence-electron chi connectivity index (χ3n) is 3.39. The zero-order valence-electron chi connectivity index (χ0n) is 10.3. The molecule has 2 atom stereocenters. The molecular formula is C12H20N2O3. The first-order valence-corrected chi connectivity index (χ1v) is 6.40. The van der Waals surface area contributed by atoms with Gasteiger partial charge in [-0.1, -0.05) is 6.92 Å². The Morgan fingerprint density at radius 1 is 1.41 bits per heavy atom. The molecule has 2 unspecified atom stereocenters. The van der Waals surface area contributed by atoms with Gasteiger partial charge < -0.3 is 15.0 Å². The highest BCUT2D eigenvalue weighted by molar-refractivity contribution is 5.94. The molecule has 5 heteroatoms. The van der Waals surface area contributed by atoms with E-state index < -0.39 is 0 Å². The average molecular weight is 240 g/mol. The number of amides is 2. The summed E-state index contributed by atoms with van der Waals surface area (Å²) in [6.45, 7) is 3.41. The van der Waals surface area contributed by atoms with Crippen molar-refractivity contribution in [1.82, 2.24) is 10.2 Å². The molecule has 2 saturated heterocycles. The first-order valence-electron chi connectivity index (χ1n) is 6.40. The van der Waals surface area contributed by atoms with Gasteiger partial charge in [0.05, 0.1) is 12.6 Å². The number of ether oxygens (including phenoxy) is 1. The number of carbonyl (C=O) groups excluding carboxylic acids is 2. The second kappa shape index (κ2) is 5.49. The Kier molecular flexibility index (Phi) is 3.99. The number of nitrogens with zero attached hydrogens (tertiary/aromatic N) is 1. The number of carbonyl (C=O) groups is 2. The summed E-state index contributed by atoms with van der Waals surface area (Å²) in [6, 6.07) is -0.347. The molecule has 2 rings (SSSR count). The topological polar surface area (TPSA) is 58.6 Å². The molecule has 0 bridgehead atoms. The van der Waals surface area contributed by atoms with Gasteiger partial charge in [-0.15, -0.1) is 0 Å². The molecule has 0 aromatic carbocycles. The molecule has 2 fully saturated rings. The average Bonchev–Trinajstić information content (AvgIpc) is 2.34. The predicted molar refractivity (Wildman–Crippen MR) is 62.4 cm³/mol. The minimum Gasteiger partial charge on any atom is -0.376 e. The van der Waals surface area contributed by atoms with E-state index in [1.807, 2.05) is 6.92 Å². The van der Waals surface area contributed by atoms with Crippen LogP contribution < -0.4 is 5.32 Å². The number of nitrogens with one attached hydrogen (secondary N) is 1. The van der Waals surface area contributed by atoms with Crippen LogP contribution in [0, 0.1) is 0 Å². The number of rotatable bonds is 3. The highest BCUT2D eigenvalue weighted by Gasteiger charge is 2.32. The van der Waals surface area contributed by atoms with Gasteiger partial charge in [-0.25, -0.2) is 0 Å². The van der Waals surface area contributed by atoms with Crippen LogP contribution in [-0.4, -0.2) is 48.6 Å². The van der Waals surface area contributed by atoms with Crippen molar-refractivity contribution in [2.24, 2.45) is 0 Å². The Hall–Kier alpha value is -1.10. The van der Waals surface area contributed by atoms with E-state index >= 15 is 0 Å². The standard InChI is InChI=1S/C12H20N2O3/c1-2-10-12(16)14(8-11(15)13-10)7-9-5-3-4-6-17-9/h9-10H,2-8H2,1H3,(H,13,15). The van der Waals surface area contributed by atoms with Gasteiger partial charge in [0.15, 0.2) is 0 Å². The van der Waals surface area contributed by atoms with Gasteiger partial charge >= 0.3 is 0 Å². The van der Waals surface area contributed by atoms with Crippen LogP contribution in [0.4, 0.5) is 0 Å². The van der Waals surface area contributed by atoms with E-state index in [4.69, 9.17) is 4.74 Å². The van der Waals surface area contributed by atoms with E-state index in [1.165, 1.54) is 0 Å². The molecule has 2 heterocycles. The maximum atomic E-state index is 12.0. The van der Waals surface area contributed by atoms with Crippen molar-refractivity contribution in [3.05, 3.63) is 0 Å². The van der Waals surface area contributed by atoms with Crippen molar-refractivity contribution < 1.29 is 14.3 Å². The first kappa shape index (κ1) is 12.4. The fourth-order valence-corrected chi connectivity index (χ4v) is 2.40. The summed E-state index contributed by atoms with van der Waals surface area (Å²) < 4.78 is 5.61. The molecule has 96 valence electrons. The molecule has 0 aliphatic carbocycles. The van der Waals surface area contributed by atoms with Gasteiger partial charge in [0.2, 0.25) is 11.8 Å². The van der Waals surface area contributed by atoms with E-state index in [1.54, 1.807) is 4.90 Å². The lowest BCUT2D eigenvalue weighted by atomic mass is 10.1. The zero-order valence-corrected chi connectivity index (χ0v) is 10.3. The Morgan fingerprint density at radius 2 is 2.24 bits per heavy atom. The molecule has 2 aliphatic heterocycles. The summed E-state index contributed by atoms with van der Waals surface area (Å²) in [6.07, 6.45) is 3.99. The Bertz CT molecular complexity index is 300. The molecular weight excluding hydrogens is 220 g/mol. The van der Waals surface area contributed by atoms with Crippen LogP contribution in [0.2, 0.25) is 0 Å². The van der Waals surface area contributed by atoms with Crippen LogP contribution >= 0.6 is 0 Å². The van der Waals surface area contributed by atoms with Crippen LogP contribution in [0.15, 0.2) is 0 Å². The fraction of sp³-hybridized carbons (Fsp3) is 0.833. The number of piperazine rings is 1. The molecule has 2 amide bonds. The first-order chi connectivity index (χ1) is 8.20. The molecule has 2 aliphatic rings. The lowest BCUT2D eigenvalue weighted by molar-refractivity contribution is -0.146. The van der Waals surface area contributed by atoms with Crippen LogP contribution in [0.25, 0.3) is 0 Å². The van der Waals surface area contributed by atoms with E-state index in [0.29, 0.717) is 13.0 Å². The molecule has 0 radical (unpaired) electrons. The van der Waals surface area contributed by atoms with E-state index in [9.17, 15) is 9.59 Å². The maximum absolute atomic E-state index is 12.0. The van der Waals surface area contributed by atoms with Gasteiger partial charge in [-0.3, -0.25) is 9.59 Å². The molecule has 0 saturated carbocycles. The smallest absolute Gasteiger partial charge is 0.245 e. The summed E-state index contributed by atoms with van der Waals surface area (Å²) in [5, 5.41) is 2.71. The summed E-state index contributed by atoms with van der Waals surface area (Å²) in [5.74, 6) is -0.0338. The normalized spacial score (nSPS) is 30.3. The van der Waals surface area contributed by atoms with E-state index in [0.717, 1.165) is 25.9 Å². The van der Waals surface area contributed by atoms with Gasteiger partial charge in [0, 0.05) is 13.2 Å². The van der Waals surface area contributed by atoms with Gasteiger partial charge in [0.25, 0.3) is 0 Å². The SMILES string of the molecule is CCC1NC(=O)CN(CC2CCCCO2)C1=O. The van der Waals surface area contributed by atoms with Crippen LogP contribution in [-0.2, 0) is 14.3 Å². The van der Waals surface area contributed by atoms with E-state index in [-0.39, 0.29) is 30.5 Å². The number of hydrogen-bond acceptors (Lipinski definition) is 3. The van der Waals surface area contributed by atoms with Crippen molar-refractivity contribution in [2.75, 3.05) is 19.7 Å². The van der Waals surface area contributed by atoms with Gasteiger partial charge in [-0.2, -0.15) is 0 Å². The second-order valence-electron chi connectivity index (χ2n) is 4.74. The molecule has 0 aromatic rings. The largest absolute Gasteiger partial charge is 0.376 e. The summed E-state index contributed by atoms with van der Waals surface area (Å²) >= 11 is 0. The maximum Gasteiger partial charge on any atom is 0.245 e. The van der Waals surface area contributed by atoms with Crippen molar-refractivity contribution in [2.45, 2.75) is 44.8 Å². The Balaban J connectivity index is 1.93. The molecule has 0 spiro atoms. The molecule has 1 N–H and O–H groups in total. The molecule has 0 aromatic heterocycles. The monoisotopic (exact) mass is 240 g/mol. The van der Waals surface area contributed by atoms with Crippen molar-refractivity contribution >= 4 is 11.8 Å². The van der Waals surface area contributed by atoms with Crippen molar-refractivity contribution in [3.8, 4) is 0 Å². The summed E-state index contributed by atoms with van der Waals surface area (Å²) in [7, 11) is 0. The highest BCUT2D eigenvalue weighted by Crippen LogP contribution is 2.15. The van der Waals surface area contributed by atoms with Crippen LogP contribution in [0.1, 0.15) is 32.6 Å². The van der Waals surface area contributed by atoms with E-state index in [2.05, 4.69) is 5.32 Å². The van der Waals surface area contributed by atoms with Gasteiger partial charge in [0.1, 0.15) is 6.04 Å². The lowest BCUT2D eigenvalue weighted by Gasteiger charge is -2.35. The van der Waals surface area contributed by atoms with Gasteiger partial charge in [-0.05, 0) is 25.7 Å². The predicted octanol–water partition coefficient (Wildman–Crippen LogP) is 0.292. The fourth-order valence-electron chi connectivity index (χ4n) is 2.40. The van der Waals surface area contributed by atoms with Crippen LogP contribution in [0.5, 0.6) is 0 Å². The minimum absolute atomic E-state index is 0.0290.